The van der Waals surface area contributed by atoms with Crippen molar-refractivity contribution in [1.82, 2.24) is 0 Å². The zero-order valence-electron chi connectivity index (χ0n) is 24.5. The predicted octanol–water partition coefficient (Wildman–Crippen LogP) is 8.46. The quantitative estimate of drug-likeness (QED) is 0.208. The molecule has 0 fully saturated rings. The summed E-state index contributed by atoms with van der Waals surface area (Å²) in [6, 6.07) is 17.9. The van der Waals surface area contributed by atoms with E-state index >= 15 is 0 Å². The molecule has 0 aromatic heterocycles. The van der Waals surface area contributed by atoms with E-state index in [1.807, 2.05) is 41.5 Å². The fourth-order valence-corrected chi connectivity index (χ4v) is 5.83. The zero-order chi connectivity index (χ0) is 27.8. The summed E-state index contributed by atoms with van der Waals surface area (Å²) in [5.74, 6) is -0.212. The predicted molar refractivity (Wildman–Crippen MR) is 154 cm³/mol. The number of hydrogen-bond acceptors (Lipinski definition) is 4. The molecule has 0 spiro atoms. The first-order valence-electron chi connectivity index (χ1n) is 14.5. The first kappa shape index (κ1) is 29.9. The lowest BCUT2D eigenvalue weighted by Crippen LogP contribution is -2.33. The highest BCUT2D eigenvalue weighted by Crippen LogP contribution is 2.48. The van der Waals surface area contributed by atoms with Gasteiger partial charge in [0.05, 0.1) is 0 Å². The molecule has 0 bridgehead atoms. The van der Waals surface area contributed by atoms with Crippen LogP contribution >= 0.6 is 0 Å². The molecule has 2 aromatic carbocycles. The van der Waals surface area contributed by atoms with Gasteiger partial charge in [0.1, 0.15) is 11.2 Å². The second-order valence-electron chi connectivity index (χ2n) is 12.9. The molecule has 38 heavy (non-hydrogen) atoms. The van der Waals surface area contributed by atoms with E-state index in [1.54, 1.807) is 0 Å². The third-order valence-corrected chi connectivity index (χ3v) is 7.26. The summed E-state index contributed by atoms with van der Waals surface area (Å²) in [4.78, 5) is 24.4. The van der Waals surface area contributed by atoms with Gasteiger partial charge >= 0.3 is 11.9 Å². The van der Waals surface area contributed by atoms with Gasteiger partial charge in [-0.2, -0.15) is 0 Å². The van der Waals surface area contributed by atoms with E-state index in [-0.39, 0.29) is 17.4 Å². The summed E-state index contributed by atoms with van der Waals surface area (Å²) >= 11 is 0. The van der Waals surface area contributed by atoms with Gasteiger partial charge in [-0.3, -0.25) is 9.59 Å². The van der Waals surface area contributed by atoms with Crippen molar-refractivity contribution < 1.29 is 19.1 Å². The topological polar surface area (TPSA) is 52.6 Å². The molecule has 1 aliphatic carbocycles. The Morgan fingerprint density at radius 1 is 0.632 bits per heavy atom. The molecule has 0 amide bonds. The lowest BCUT2D eigenvalue weighted by molar-refractivity contribution is -0.156. The third-order valence-electron chi connectivity index (χ3n) is 7.26. The van der Waals surface area contributed by atoms with Crippen LogP contribution in [0, 0.1) is 0 Å². The minimum Gasteiger partial charge on any atom is -0.460 e. The van der Waals surface area contributed by atoms with Crippen LogP contribution < -0.4 is 0 Å². The van der Waals surface area contributed by atoms with Crippen molar-refractivity contribution in [3.05, 3.63) is 70.8 Å². The molecule has 0 radical (unpaired) electrons. The van der Waals surface area contributed by atoms with Gasteiger partial charge in [0.25, 0.3) is 0 Å². The fraction of sp³-hybridized carbons (Fsp3) is 0.588. The molecular weight excluding hydrogens is 472 g/mol. The van der Waals surface area contributed by atoms with Crippen LogP contribution in [-0.2, 0) is 30.9 Å². The minimum atomic E-state index is -0.430. The van der Waals surface area contributed by atoms with Crippen molar-refractivity contribution in [2.45, 2.75) is 129 Å². The molecule has 0 aliphatic heterocycles. The number of benzene rings is 2. The Morgan fingerprint density at radius 2 is 1.03 bits per heavy atom. The first-order chi connectivity index (χ1) is 17.9. The van der Waals surface area contributed by atoms with Crippen LogP contribution in [0.4, 0.5) is 0 Å². The average Bonchev–Trinajstić information content (AvgIpc) is 2.81. The molecule has 4 heteroatoms. The molecule has 0 heterocycles. The lowest BCUT2D eigenvalue weighted by atomic mass is 9.62. The Kier molecular flexibility index (Phi) is 10.2. The number of fused-ring (bicyclic) bond motifs is 2. The molecule has 0 unspecified atom stereocenters. The highest BCUT2D eigenvalue weighted by atomic mass is 16.6. The van der Waals surface area contributed by atoms with E-state index in [4.69, 9.17) is 9.47 Å². The first-order valence-corrected chi connectivity index (χ1v) is 14.5. The second kappa shape index (κ2) is 13.0. The Labute approximate surface area is 230 Å². The fourth-order valence-electron chi connectivity index (χ4n) is 5.83. The van der Waals surface area contributed by atoms with Crippen molar-refractivity contribution in [2.24, 2.45) is 0 Å². The van der Waals surface area contributed by atoms with E-state index < -0.39 is 11.2 Å². The van der Waals surface area contributed by atoms with Gasteiger partial charge in [-0.15, -0.1) is 0 Å². The maximum Gasteiger partial charge on any atom is 0.306 e. The highest BCUT2D eigenvalue weighted by molar-refractivity contribution is 5.70. The number of esters is 2. The van der Waals surface area contributed by atoms with Crippen LogP contribution in [-0.4, -0.2) is 23.1 Å². The second-order valence-corrected chi connectivity index (χ2v) is 12.9. The molecular formula is C34H48O4. The monoisotopic (exact) mass is 520 g/mol. The van der Waals surface area contributed by atoms with Crippen LogP contribution in [0.25, 0.3) is 0 Å². The summed E-state index contributed by atoms with van der Waals surface area (Å²) in [5, 5.41) is 0. The van der Waals surface area contributed by atoms with Gasteiger partial charge in [0, 0.05) is 18.3 Å². The Bertz CT molecular complexity index is 985. The van der Waals surface area contributed by atoms with E-state index in [0.29, 0.717) is 12.8 Å². The summed E-state index contributed by atoms with van der Waals surface area (Å²) in [6.07, 6.45) is 9.87. The Hall–Kier alpha value is -2.62. The van der Waals surface area contributed by atoms with E-state index in [2.05, 4.69) is 48.5 Å². The van der Waals surface area contributed by atoms with Crippen LogP contribution in [0.2, 0.25) is 0 Å². The molecule has 3 rings (SSSR count). The van der Waals surface area contributed by atoms with Gasteiger partial charge in [0.2, 0.25) is 0 Å². The van der Waals surface area contributed by atoms with Gasteiger partial charge < -0.3 is 9.47 Å². The summed E-state index contributed by atoms with van der Waals surface area (Å²) in [5.41, 5.74) is 4.86. The number of ether oxygens (including phenoxy) is 2. The van der Waals surface area contributed by atoms with Gasteiger partial charge in [-0.1, -0.05) is 74.2 Å². The summed E-state index contributed by atoms with van der Waals surface area (Å²) in [7, 11) is 0. The van der Waals surface area contributed by atoms with Crippen molar-refractivity contribution in [1.29, 1.82) is 0 Å². The largest absolute Gasteiger partial charge is 0.460 e. The average molecular weight is 521 g/mol. The van der Waals surface area contributed by atoms with E-state index in [0.717, 1.165) is 57.8 Å². The molecule has 208 valence electrons. The third kappa shape index (κ3) is 8.71. The van der Waals surface area contributed by atoms with Crippen LogP contribution in [0.5, 0.6) is 0 Å². The molecule has 0 N–H and O–H groups in total. The van der Waals surface area contributed by atoms with E-state index in [9.17, 15) is 9.59 Å². The van der Waals surface area contributed by atoms with Gasteiger partial charge in [-0.05, 0) is 95.9 Å². The van der Waals surface area contributed by atoms with Crippen LogP contribution in [0.1, 0.15) is 128 Å². The van der Waals surface area contributed by atoms with Gasteiger partial charge in [-0.25, -0.2) is 0 Å². The maximum atomic E-state index is 12.2. The number of hydrogen-bond donors (Lipinski definition) is 0. The molecule has 4 nitrogen and oxygen atoms in total. The molecule has 1 aliphatic rings. The van der Waals surface area contributed by atoms with Crippen molar-refractivity contribution in [3.8, 4) is 0 Å². The number of rotatable bonds is 12. The number of unbranched alkanes of at least 4 members (excludes halogenated alkanes) is 4. The molecule has 0 saturated heterocycles. The molecule has 2 aromatic rings. The van der Waals surface area contributed by atoms with Crippen molar-refractivity contribution >= 4 is 11.9 Å². The minimum absolute atomic E-state index is 0.0384. The summed E-state index contributed by atoms with van der Waals surface area (Å²) < 4.78 is 11.0. The maximum absolute atomic E-state index is 12.2. The number of carbonyl (C=O) groups is 2. The summed E-state index contributed by atoms with van der Waals surface area (Å²) in [6.45, 7) is 11.5. The van der Waals surface area contributed by atoms with Gasteiger partial charge in [0.15, 0.2) is 0 Å². The van der Waals surface area contributed by atoms with E-state index in [1.165, 1.54) is 22.3 Å². The van der Waals surface area contributed by atoms with Crippen molar-refractivity contribution in [3.63, 3.8) is 0 Å². The Morgan fingerprint density at radius 3 is 1.42 bits per heavy atom. The normalized spacial score (nSPS) is 14.4. The number of carbonyl (C=O) groups excluding carboxylic acids is 2. The standard InChI is InChI=1S/C34H48O4/c1-32(2,3)37-30(35)21-9-7-15-23-34(24-16-8-10-22-31(36)38-33(4,5)6)28-19-13-11-17-26(28)25-27-18-12-14-20-29(27)34/h11-14,17-20H,7-10,15-16,21-25H2,1-6H3. The van der Waals surface area contributed by atoms with Crippen LogP contribution in [0.3, 0.4) is 0 Å². The van der Waals surface area contributed by atoms with Crippen LogP contribution in [0.15, 0.2) is 48.5 Å². The zero-order valence-corrected chi connectivity index (χ0v) is 24.5. The lowest BCUT2D eigenvalue weighted by Gasteiger charge is -2.42. The highest BCUT2D eigenvalue weighted by Gasteiger charge is 2.39. The smallest absolute Gasteiger partial charge is 0.306 e. The Balaban J connectivity index is 1.69. The SMILES string of the molecule is CC(C)(C)OC(=O)CCCCCC1(CCCCCC(=O)OC(C)(C)C)c2ccccc2Cc2ccccc21. The molecule has 0 saturated carbocycles. The molecule has 0 atom stereocenters. The van der Waals surface area contributed by atoms with Crippen molar-refractivity contribution in [2.75, 3.05) is 0 Å².